The van der Waals surface area contributed by atoms with E-state index in [-0.39, 0.29) is 5.03 Å². The standard InChI is InChI=1S/C10H17N3O2S/c1-2-3-4-7-12-9-6-5-8-13-10(9)16(11,14)15/h5-6,8,12H,2-4,7H2,1H3,(H2,11,14,15). The Morgan fingerprint density at radius 2 is 2.19 bits per heavy atom. The summed E-state index contributed by atoms with van der Waals surface area (Å²) in [6, 6.07) is 3.34. The highest BCUT2D eigenvalue weighted by molar-refractivity contribution is 7.89. The highest BCUT2D eigenvalue weighted by Crippen LogP contribution is 2.16. The van der Waals surface area contributed by atoms with Gasteiger partial charge in [0.1, 0.15) is 0 Å². The summed E-state index contributed by atoms with van der Waals surface area (Å²) in [5.74, 6) is 0. The molecule has 1 heterocycles. The Morgan fingerprint density at radius 3 is 2.81 bits per heavy atom. The van der Waals surface area contributed by atoms with Crippen molar-refractivity contribution in [2.75, 3.05) is 11.9 Å². The van der Waals surface area contributed by atoms with Crippen LogP contribution in [0.25, 0.3) is 0 Å². The molecule has 6 heteroatoms. The second-order valence-corrected chi connectivity index (χ2v) is 5.01. The molecule has 0 aliphatic heterocycles. The number of pyridine rings is 1. The molecule has 1 aromatic heterocycles. The van der Waals surface area contributed by atoms with Crippen LogP contribution in [0.15, 0.2) is 23.4 Å². The van der Waals surface area contributed by atoms with Crippen LogP contribution >= 0.6 is 0 Å². The number of nitrogens with zero attached hydrogens (tertiary/aromatic N) is 1. The van der Waals surface area contributed by atoms with Gasteiger partial charge in [-0.2, -0.15) is 0 Å². The van der Waals surface area contributed by atoms with Crippen LogP contribution in [0.2, 0.25) is 0 Å². The molecule has 16 heavy (non-hydrogen) atoms. The monoisotopic (exact) mass is 243 g/mol. The first-order chi connectivity index (χ1) is 7.55. The maximum Gasteiger partial charge on any atom is 0.257 e. The third kappa shape index (κ3) is 3.79. The minimum absolute atomic E-state index is 0.0912. The topological polar surface area (TPSA) is 85.1 Å². The van der Waals surface area contributed by atoms with Crippen LogP contribution in [0, 0.1) is 0 Å². The first-order valence-corrected chi connectivity index (χ1v) is 6.82. The predicted molar refractivity (Wildman–Crippen MR) is 63.6 cm³/mol. The zero-order valence-corrected chi connectivity index (χ0v) is 10.1. The minimum Gasteiger partial charge on any atom is -0.383 e. The Balaban J connectivity index is 2.73. The van der Waals surface area contributed by atoms with Gasteiger partial charge in [-0.05, 0) is 18.6 Å². The van der Waals surface area contributed by atoms with E-state index in [1.807, 2.05) is 0 Å². The fraction of sp³-hybridized carbons (Fsp3) is 0.500. The van der Waals surface area contributed by atoms with E-state index in [0.29, 0.717) is 5.69 Å². The maximum absolute atomic E-state index is 11.2. The highest BCUT2D eigenvalue weighted by atomic mass is 32.2. The van der Waals surface area contributed by atoms with Gasteiger partial charge in [0.15, 0.2) is 5.03 Å². The van der Waals surface area contributed by atoms with E-state index >= 15 is 0 Å². The second kappa shape index (κ2) is 5.81. The number of unbranched alkanes of at least 4 members (excludes halogenated alkanes) is 2. The van der Waals surface area contributed by atoms with Crippen LogP contribution in [-0.4, -0.2) is 19.9 Å². The molecule has 1 aromatic rings. The first kappa shape index (κ1) is 12.9. The van der Waals surface area contributed by atoms with Gasteiger partial charge in [0.25, 0.3) is 10.0 Å². The summed E-state index contributed by atoms with van der Waals surface area (Å²) < 4.78 is 22.4. The zero-order chi connectivity index (χ0) is 12.0. The summed E-state index contributed by atoms with van der Waals surface area (Å²) in [5, 5.41) is 8.00. The Labute approximate surface area is 96.1 Å². The molecule has 0 saturated carbocycles. The van der Waals surface area contributed by atoms with Crippen molar-refractivity contribution in [2.24, 2.45) is 5.14 Å². The van der Waals surface area contributed by atoms with Gasteiger partial charge in [0.2, 0.25) is 0 Å². The van der Waals surface area contributed by atoms with Gasteiger partial charge in [-0.25, -0.2) is 18.5 Å². The van der Waals surface area contributed by atoms with Gasteiger partial charge >= 0.3 is 0 Å². The summed E-state index contributed by atoms with van der Waals surface area (Å²) in [6.07, 6.45) is 4.64. The van der Waals surface area contributed by atoms with Crippen molar-refractivity contribution < 1.29 is 8.42 Å². The van der Waals surface area contributed by atoms with Crippen molar-refractivity contribution in [3.8, 4) is 0 Å². The van der Waals surface area contributed by atoms with Crippen LogP contribution in [-0.2, 0) is 10.0 Å². The van der Waals surface area contributed by atoms with Gasteiger partial charge in [-0.3, -0.25) is 0 Å². The van der Waals surface area contributed by atoms with E-state index in [9.17, 15) is 8.42 Å². The van der Waals surface area contributed by atoms with E-state index in [4.69, 9.17) is 5.14 Å². The molecule has 5 nitrogen and oxygen atoms in total. The van der Waals surface area contributed by atoms with E-state index in [1.165, 1.54) is 6.20 Å². The number of anilines is 1. The third-order valence-electron chi connectivity index (χ3n) is 2.14. The van der Waals surface area contributed by atoms with Crippen LogP contribution in [0.1, 0.15) is 26.2 Å². The lowest BCUT2D eigenvalue weighted by Gasteiger charge is -2.08. The molecule has 0 saturated heterocycles. The van der Waals surface area contributed by atoms with Gasteiger partial charge in [-0.15, -0.1) is 0 Å². The SMILES string of the molecule is CCCCCNc1cccnc1S(N)(=O)=O. The summed E-state index contributed by atoms with van der Waals surface area (Å²) in [4.78, 5) is 3.77. The van der Waals surface area contributed by atoms with Crippen molar-refractivity contribution in [1.29, 1.82) is 0 Å². The summed E-state index contributed by atoms with van der Waals surface area (Å²) in [6.45, 7) is 2.84. The molecule has 90 valence electrons. The number of rotatable bonds is 6. The fourth-order valence-electron chi connectivity index (χ4n) is 1.35. The van der Waals surface area contributed by atoms with E-state index in [1.54, 1.807) is 12.1 Å². The maximum atomic E-state index is 11.2. The average Bonchev–Trinajstić information content (AvgIpc) is 2.24. The number of hydrogen-bond donors (Lipinski definition) is 2. The Bertz CT molecular complexity index is 431. The number of aromatic nitrogens is 1. The molecular weight excluding hydrogens is 226 g/mol. The number of primary sulfonamides is 1. The normalized spacial score (nSPS) is 11.4. The second-order valence-electron chi connectivity index (χ2n) is 3.54. The Hall–Kier alpha value is -1.14. The fourth-order valence-corrected chi connectivity index (χ4v) is 2.00. The molecule has 0 amide bonds. The molecule has 0 spiro atoms. The molecule has 0 bridgehead atoms. The number of sulfonamides is 1. The molecule has 0 atom stereocenters. The minimum atomic E-state index is -3.75. The quantitative estimate of drug-likeness (QED) is 0.738. The van der Waals surface area contributed by atoms with Crippen LogP contribution in [0.4, 0.5) is 5.69 Å². The van der Waals surface area contributed by atoms with Gasteiger partial charge < -0.3 is 5.32 Å². The van der Waals surface area contributed by atoms with Crippen molar-refractivity contribution in [2.45, 2.75) is 31.2 Å². The summed E-state index contributed by atoms with van der Waals surface area (Å²) >= 11 is 0. The lowest BCUT2D eigenvalue weighted by molar-refractivity contribution is 0.594. The molecule has 1 rings (SSSR count). The van der Waals surface area contributed by atoms with Crippen molar-refractivity contribution in [3.63, 3.8) is 0 Å². The number of nitrogens with one attached hydrogen (secondary N) is 1. The molecule has 0 fully saturated rings. The van der Waals surface area contributed by atoms with Gasteiger partial charge in [-0.1, -0.05) is 19.8 Å². The molecule has 0 aliphatic rings. The molecule has 3 N–H and O–H groups in total. The predicted octanol–water partition coefficient (Wildman–Crippen LogP) is 1.33. The summed E-state index contributed by atoms with van der Waals surface area (Å²) in [7, 11) is -3.75. The van der Waals surface area contributed by atoms with Crippen molar-refractivity contribution >= 4 is 15.7 Å². The highest BCUT2D eigenvalue weighted by Gasteiger charge is 2.14. The smallest absolute Gasteiger partial charge is 0.257 e. The molecule has 0 unspecified atom stereocenters. The van der Waals surface area contributed by atoms with Crippen LogP contribution in [0.5, 0.6) is 0 Å². The number of hydrogen-bond acceptors (Lipinski definition) is 4. The van der Waals surface area contributed by atoms with Crippen LogP contribution < -0.4 is 10.5 Å². The molecular formula is C10H17N3O2S. The van der Waals surface area contributed by atoms with E-state index in [2.05, 4.69) is 17.2 Å². The van der Waals surface area contributed by atoms with E-state index in [0.717, 1.165) is 25.8 Å². The number of nitrogens with two attached hydrogens (primary N) is 1. The van der Waals surface area contributed by atoms with Gasteiger partial charge in [0, 0.05) is 12.7 Å². The summed E-state index contributed by atoms with van der Waals surface area (Å²) in [5.41, 5.74) is 0.473. The molecule has 0 radical (unpaired) electrons. The molecule has 0 aromatic carbocycles. The van der Waals surface area contributed by atoms with Crippen molar-refractivity contribution in [3.05, 3.63) is 18.3 Å². The van der Waals surface area contributed by atoms with Gasteiger partial charge in [0.05, 0.1) is 5.69 Å². The largest absolute Gasteiger partial charge is 0.383 e. The molecule has 0 aliphatic carbocycles. The Morgan fingerprint density at radius 1 is 1.44 bits per heavy atom. The average molecular weight is 243 g/mol. The van der Waals surface area contributed by atoms with E-state index < -0.39 is 10.0 Å². The lowest BCUT2D eigenvalue weighted by atomic mass is 10.2. The lowest BCUT2D eigenvalue weighted by Crippen LogP contribution is -2.17. The van der Waals surface area contributed by atoms with Crippen LogP contribution in [0.3, 0.4) is 0 Å². The Kier molecular flexibility index (Phi) is 4.70. The first-order valence-electron chi connectivity index (χ1n) is 5.27. The third-order valence-corrected chi connectivity index (χ3v) is 3.00. The van der Waals surface area contributed by atoms with Crippen molar-refractivity contribution in [1.82, 2.24) is 4.98 Å². The zero-order valence-electron chi connectivity index (χ0n) is 9.31.